The fourth-order valence-electron chi connectivity index (χ4n) is 2.69. The van der Waals surface area contributed by atoms with Gasteiger partial charge < -0.3 is 15.0 Å². The monoisotopic (exact) mass is 266 g/mol. The molecule has 1 N–H and O–H groups in total. The van der Waals surface area contributed by atoms with Crippen LogP contribution in [0, 0.1) is 0 Å². The van der Waals surface area contributed by atoms with Crippen LogP contribution in [-0.4, -0.2) is 36.7 Å². The third kappa shape index (κ3) is 2.12. The van der Waals surface area contributed by atoms with Crippen LogP contribution in [0.15, 0.2) is 11.4 Å². The summed E-state index contributed by atoms with van der Waals surface area (Å²) in [6.07, 6.45) is 1.91. The molecule has 2 aliphatic rings. The highest BCUT2D eigenvalue weighted by Crippen LogP contribution is 2.32. The first-order chi connectivity index (χ1) is 8.75. The van der Waals surface area contributed by atoms with Gasteiger partial charge in [0, 0.05) is 18.0 Å². The van der Waals surface area contributed by atoms with Crippen LogP contribution in [0.5, 0.6) is 0 Å². The molecule has 98 valence electrons. The second kappa shape index (κ2) is 4.90. The Labute approximate surface area is 111 Å². The zero-order valence-corrected chi connectivity index (χ0v) is 11.3. The normalized spacial score (nSPS) is 27.1. The number of carbonyl (C=O) groups excluding carboxylic acids is 1. The van der Waals surface area contributed by atoms with Crippen LogP contribution in [0.1, 0.15) is 29.8 Å². The van der Waals surface area contributed by atoms with E-state index in [1.807, 2.05) is 4.90 Å². The highest BCUT2D eigenvalue weighted by atomic mass is 32.1. The molecule has 0 radical (unpaired) electrons. The van der Waals surface area contributed by atoms with Crippen molar-refractivity contribution in [1.82, 2.24) is 10.2 Å². The van der Waals surface area contributed by atoms with Crippen molar-refractivity contribution >= 4 is 17.4 Å². The van der Waals surface area contributed by atoms with Gasteiger partial charge in [-0.05, 0) is 36.8 Å². The highest BCUT2D eigenvalue weighted by molar-refractivity contribution is 7.10. The Balaban J connectivity index is 1.68. The molecular formula is C13H18N2O2S. The van der Waals surface area contributed by atoms with Crippen LogP contribution in [0.25, 0.3) is 0 Å². The maximum absolute atomic E-state index is 12.3. The van der Waals surface area contributed by atoms with Crippen LogP contribution >= 0.6 is 11.3 Å². The van der Waals surface area contributed by atoms with Gasteiger partial charge in [0.05, 0.1) is 18.7 Å². The van der Waals surface area contributed by atoms with Crippen molar-refractivity contribution in [2.75, 3.05) is 19.8 Å². The molecule has 0 bridgehead atoms. The standard InChI is InChI=1S/C13H18N2O2S/c1-9-11-4-7-18-12(11)2-5-15(9)13(16)14-10-3-6-17-8-10/h4,7,9-10H,2-3,5-6,8H2,1H3,(H,14,16). The highest BCUT2D eigenvalue weighted by Gasteiger charge is 2.29. The predicted octanol–water partition coefficient (Wildman–Crippen LogP) is 2.17. The van der Waals surface area contributed by atoms with E-state index in [1.165, 1.54) is 10.4 Å². The van der Waals surface area contributed by atoms with Crippen molar-refractivity contribution in [2.24, 2.45) is 0 Å². The lowest BCUT2D eigenvalue weighted by Crippen LogP contribution is -2.48. The summed E-state index contributed by atoms with van der Waals surface area (Å²) in [7, 11) is 0. The first kappa shape index (κ1) is 12.0. The fourth-order valence-corrected chi connectivity index (χ4v) is 3.66. The topological polar surface area (TPSA) is 41.6 Å². The van der Waals surface area contributed by atoms with E-state index in [2.05, 4.69) is 23.7 Å². The number of carbonyl (C=O) groups is 1. The summed E-state index contributed by atoms with van der Waals surface area (Å²) in [5.41, 5.74) is 1.31. The third-order valence-corrected chi connectivity index (χ3v) is 4.79. The van der Waals surface area contributed by atoms with Crippen molar-refractivity contribution in [2.45, 2.75) is 31.8 Å². The van der Waals surface area contributed by atoms with Crippen molar-refractivity contribution < 1.29 is 9.53 Å². The zero-order chi connectivity index (χ0) is 12.5. The van der Waals surface area contributed by atoms with Crippen molar-refractivity contribution in [3.05, 3.63) is 21.9 Å². The Morgan fingerprint density at radius 2 is 2.50 bits per heavy atom. The van der Waals surface area contributed by atoms with Gasteiger partial charge in [0.2, 0.25) is 0 Å². The summed E-state index contributed by atoms with van der Waals surface area (Å²) in [4.78, 5) is 15.6. The van der Waals surface area contributed by atoms with Gasteiger partial charge in [-0.3, -0.25) is 0 Å². The van der Waals surface area contributed by atoms with Gasteiger partial charge >= 0.3 is 6.03 Å². The number of amides is 2. The number of nitrogens with zero attached hydrogens (tertiary/aromatic N) is 1. The van der Waals surface area contributed by atoms with Crippen LogP contribution in [0.2, 0.25) is 0 Å². The molecule has 1 saturated heterocycles. The van der Waals surface area contributed by atoms with E-state index in [0.717, 1.165) is 26.0 Å². The number of ether oxygens (including phenoxy) is 1. The maximum atomic E-state index is 12.3. The minimum Gasteiger partial charge on any atom is -0.379 e. The van der Waals surface area contributed by atoms with E-state index >= 15 is 0 Å². The molecular weight excluding hydrogens is 248 g/mol. The molecule has 0 spiro atoms. The summed E-state index contributed by atoms with van der Waals surface area (Å²) in [6.45, 7) is 4.33. The largest absolute Gasteiger partial charge is 0.379 e. The second-order valence-corrected chi connectivity index (χ2v) is 5.93. The molecule has 3 heterocycles. The summed E-state index contributed by atoms with van der Waals surface area (Å²) in [5, 5.41) is 5.19. The fraction of sp³-hybridized carbons (Fsp3) is 0.615. The molecule has 0 aliphatic carbocycles. The van der Waals surface area contributed by atoms with E-state index in [4.69, 9.17) is 4.74 Å². The molecule has 0 aromatic carbocycles. The molecule has 3 rings (SSSR count). The summed E-state index contributed by atoms with van der Waals surface area (Å²) in [5.74, 6) is 0. The molecule has 2 amide bonds. The van der Waals surface area contributed by atoms with Gasteiger partial charge in [-0.25, -0.2) is 4.79 Å². The zero-order valence-electron chi connectivity index (χ0n) is 10.5. The minimum atomic E-state index is 0.0508. The predicted molar refractivity (Wildman–Crippen MR) is 70.9 cm³/mol. The molecule has 1 fully saturated rings. The van der Waals surface area contributed by atoms with E-state index in [1.54, 1.807) is 11.3 Å². The van der Waals surface area contributed by atoms with Crippen molar-refractivity contribution in [3.63, 3.8) is 0 Å². The molecule has 1 aromatic heterocycles. The minimum absolute atomic E-state index is 0.0508. The maximum Gasteiger partial charge on any atom is 0.318 e. The number of hydrogen-bond acceptors (Lipinski definition) is 3. The van der Waals surface area contributed by atoms with Crippen LogP contribution in [0.3, 0.4) is 0 Å². The van der Waals surface area contributed by atoms with Gasteiger partial charge in [0.15, 0.2) is 0 Å². The molecule has 2 atom stereocenters. The smallest absolute Gasteiger partial charge is 0.318 e. The molecule has 4 nitrogen and oxygen atoms in total. The molecule has 0 saturated carbocycles. The number of thiophene rings is 1. The molecule has 5 heteroatoms. The lowest BCUT2D eigenvalue weighted by molar-refractivity contribution is 0.164. The van der Waals surface area contributed by atoms with Crippen LogP contribution < -0.4 is 5.32 Å². The molecule has 2 aliphatic heterocycles. The second-order valence-electron chi connectivity index (χ2n) is 4.93. The quantitative estimate of drug-likeness (QED) is 0.846. The van der Waals surface area contributed by atoms with Gasteiger partial charge in [0.1, 0.15) is 0 Å². The summed E-state index contributed by atoms with van der Waals surface area (Å²) >= 11 is 1.80. The van der Waals surface area contributed by atoms with Crippen LogP contribution in [-0.2, 0) is 11.2 Å². The van der Waals surface area contributed by atoms with Gasteiger partial charge in [-0.2, -0.15) is 0 Å². The van der Waals surface area contributed by atoms with Crippen molar-refractivity contribution in [1.29, 1.82) is 0 Å². The average molecular weight is 266 g/mol. The summed E-state index contributed by atoms with van der Waals surface area (Å²) < 4.78 is 5.28. The lowest BCUT2D eigenvalue weighted by atomic mass is 10.0. The Morgan fingerprint density at radius 1 is 1.61 bits per heavy atom. The Bertz CT molecular complexity index is 440. The first-order valence-corrected chi connectivity index (χ1v) is 7.35. The number of urea groups is 1. The number of rotatable bonds is 1. The average Bonchev–Trinajstić information content (AvgIpc) is 2.99. The Kier molecular flexibility index (Phi) is 3.26. The Morgan fingerprint density at radius 3 is 3.28 bits per heavy atom. The summed E-state index contributed by atoms with van der Waals surface area (Å²) in [6, 6.07) is 2.56. The van der Waals surface area contributed by atoms with Gasteiger partial charge in [0.25, 0.3) is 0 Å². The van der Waals surface area contributed by atoms with Gasteiger partial charge in [-0.1, -0.05) is 0 Å². The molecule has 1 aromatic rings. The van der Waals surface area contributed by atoms with Crippen molar-refractivity contribution in [3.8, 4) is 0 Å². The third-order valence-electron chi connectivity index (χ3n) is 3.80. The Hall–Kier alpha value is -1.07. The van der Waals surface area contributed by atoms with Gasteiger partial charge in [-0.15, -0.1) is 11.3 Å². The number of fused-ring (bicyclic) bond motifs is 1. The number of hydrogen-bond donors (Lipinski definition) is 1. The SMILES string of the molecule is CC1c2ccsc2CCN1C(=O)NC1CCOC1. The first-order valence-electron chi connectivity index (χ1n) is 6.47. The molecule has 18 heavy (non-hydrogen) atoms. The van der Waals surface area contributed by atoms with E-state index in [-0.39, 0.29) is 18.1 Å². The lowest BCUT2D eigenvalue weighted by Gasteiger charge is -2.34. The van der Waals surface area contributed by atoms with E-state index in [9.17, 15) is 4.79 Å². The number of nitrogens with one attached hydrogen (secondary N) is 1. The van der Waals surface area contributed by atoms with E-state index in [0.29, 0.717) is 6.61 Å². The van der Waals surface area contributed by atoms with E-state index < -0.39 is 0 Å². The molecule has 2 unspecified atom stereocenters. The van der Waals surface area contributed by atoms with Crippen LogP contribution in [0.4, 0.5) is 4.79 Å².